The highest BCUT2D eigenvalue weighted by molar-refractivity contribution is 5.74. The van der Waals surface area contributed by atoms with Gasteiger partial charge in [-0.2, -0.15) is 0 Å². The fourth-order valence-electron chi connectivity index (χ4n) is 1.70. The number of carbonyl (C=O) groups is 1. The summed E-state index contributed by atoms with van der Waals surface area (Å²) < 4.78 is 0. The third-order valence-electron chi connectivity index (χ3n) is 2.52. The summed E-state index contributed by atoms with van der Waals surface area (Å²) in [6.07, 6.45) is 2.33. The largest absolute Gasteiger partial charge is 0.336 e. The molecule has 0 aliphatic carbocycles. The van der Waals surface area contributed by atoms with Gasteiger partial charge in [-0.3, -0.25) is 0 Å². The van der Waals surface area contributed by atoms with E-state index in [1.807, 2.05) is 13.8 Å². The molecule has 1 rings (SSSR count). The van der Waals surface area contributed by atoms with Gasteiger partial charge < -0.3 is 16.0 Å². The Bertz CT molecular complexity index is 198. The zero-order valence-electron chi connectivity index (χ0n) is 9.31. The molecule has 0 radical (unpaired) electrons. The number of carbonyl (C=O) groups excluding carboxylic acids is 1. The standard InChI is InChI=1S/C10H21N3O/c1-8(2)13-9(14)11-7-10(3)5-4-6-12-10/h8,12H,4-7H2,1-3H3,(H2,11,13,14). The molecule has 1 aliphatic rings. The third-order valence-corrected chi connectivity index (χ3v) is 2.52. The van der Waals surface area contributed by atoms with Crippen LogP contribution in [0.4, 0.5) is 4.79 Å². The summed E-state index contributed by atoms with van der Waals surface area (Å²) >= 11 is 0. The fraction of sp³-hybridized carbons (Fsp3) is 0.900. The maximum Gasteiger partial charge on any atom is 0.315 e. The molecular weight excluding hydrogens is 178 g/mol. The molecule has 1 atom stereocenters. The Morgan fingerprint density at radius 3 is 2.79 bits per heavy atom. The lowest BCUT2D eigenvalue weighted by Crippen LogP contribution is -2.50. The Balaban J connectivity index is 2.22. The lowest BCUT2D eigenvalue weighted by atomic mass is 10.0. The summed E-state index contributed by atoms with van der Waals surface area (Å²) in [6.45, 7) is 7.81. The zero-order valence-corrected chi connectivity index (χ0v) is 9.31. The van der Waals surface area contributed by atoms with Crippen molar-refractivity contribution in [3.63, 3.8) is 0 Å². The van der Waals surface area contributed by atoms with Crippen molar-refractivity contribution in [2.24, 2.45) is 0 Å². The van der Waals surface area contributed by atoms with E-state index in [0.717, 1.165) is 13.0 Å². The normalized spacial score (nSPS) is 26.6. The van der Waals surface area contributed by atoms with Crippen molar-refractivity contribution < 1.29 is 4.79 Å². The number of hydrogen-bond donors (Lipinski definition) is 3. The van der Waals surface area contributed by atoms with Gasteiger partial charge in [0.2, 0.25) is 0 Å². The summed E-state index contributed by atoms with van der Waals surface area (Å²) in [7, 11) is 0. The second-order valence-electron chi connectivity index (χ2n) is 4.57. The molecule has 0 aromatic carbocycles. The predicted molar refractivity (Wildman–Crippen MR) is 57.3 cm³/mol. The van der Waals surface area contributed by atoms with Crippen LogP contribution in [0.5, 0.6) is 0 Å². The second kappa shape index (κ2) is 4.64. The molecule has 1 aliphatic heterocycles. The van der Waals surface area contributed by atoms with E-state index in [4.69, 9.17) is 0 Å². The first-order chi connectivity index (χ1) is 6.52. The van der Waals surface area contributed by atoms with Crippen LogP contribution in [0.2, 0.25) is 0 Å². The van der Waals surface area contributed by atoms with Crippen molar-refractivity contribution in [3.8, 4) is 0 Å². The molecule has 0 aromatic heterocycles. The number of hydrogen-bond acceptors (Lipinski definition) is 2. The molecule has 82 valence electrons. The smallest absolute Gasteiger partial charge is 0.315 e. The van der Waals surface area contributed by atoms with Gasteiger partial charge in [-0.25, -0.2) is 4.79 Å². The van der Waals surface area contributed by atoms with Crippen molar-refractivity contribution in [1.82, 2.24) is 16.0 Å². The quantitative estimate of drug-likeness (QED) is 0.631. The number of rotatable bonds is 3. The second-order valence-corrected chi connectivity index (χ2v) is 4.57. The van der Waals surface area contributed by atoms with Crippen LogP contribution < -0.4 is 16.0 Å². The molecule has 14 heavy (non-hydrogen) atoms. The molecule has 0 spiro atoms. The van der Waals surface area contributed by atoms with E-state index in [2.05, 4.69) is 22.9 Å². The molecule has 4 heteroatoms. The van der Waals surface area contributed by atoms with Crippen molar-refractivity contribution in [2.75, 3.05) is 13.1 Å². The topological polar surface area (TPSA) is 53.2 Å². The summed E-state index contributed by atoms with van der Waals surface area (Å²) in [5.41, 5.74) is 0.0916. The molecular formula is C10H21N3O. The van der Waals surface area contributed by atoms with E-state index in [1.54, 1.807) is 0 Å². The fourth-order valence-corrected chi connectivity index (χ4v) is 1.70. The first kappa shape index (κ1) is 11.3. The minimum Gasteiger partial charge on any atom is -0.336 e. The minimum atomic E-state index is -0.0741. The van der Waals surface area contributed by atoms with Crippen LogP contribution in [0.15, 0.2) is 0 Å². The van der Waals surface area contributed by atoms with Gasteiger partial charge in [-0.1, -0.05) is 0 Å². The van der Waals surface area contributed by atoms with Gasteiger partial charge in [0.15, 0.2) is 0 Å². The van der Waals surface area contributed by atoms with Gasteiger partial charge in [0, 0.05) is 18.1 Å². The van der Waals surface area contributed by atoms with Gasteiger partial charge in [-0.15, -0.1) is 0 Å². The van der Waals surface area contributed by atoms with Crippen molar-refractivity contribution in [2.45, 2.75) is 45.2 Å². The van der Waals surface area contributed by atoms with E-state index in [0.29, 0.717) is 6.54 Å². The molecule has 1 saturated heterocycles. The van der Waals surface area contributed by atoms with E-state index in [9.17, 15) is 4.79 Å². The summed E-state index contributed by atoms with van der Waals surface area (Å²) in [5.74, 6) is 0. The highest BCUT2D eigenvalue weighted by atomic mass is 16.2. The van der Waals surface area contributed by atoms with Crippen molar-refractivity contribution in [3.05, 3.63) is 0 Å². The third kappa shape index (κ3) is 3.54. The van der Waals surface area contributed by atoms with E-state index in [1.165, 1.54) is 6.42 Å². The molecule has 0 bridgehead atoms. The number of amides is 2. The van der Waals surface area contributed by atoms with Gasteiger partial charge >= 0.3 is 6.03 Å². The summed E-state index contributed by atoms with van der Waals surface area (Å²) in [5, 5.41) is 9.09. The summed E-state index contributed by atoms with van der Waals surface area (Å²) in [4.78, 5) is 11.3. The lowest BCUT2D eigenvalue weighted by molar-refractivity contribution is 0.234. The van der Waals surface area contributed by atoms with Crippen LogP contribution in [0.25, 0.3) is 0 Å². The highest BCUT2D eigenvalue weighted by Crippen LogP contribution is 2.16. The van der Waals surface area contributed by atoms with Crippen LogP contribution in [0.3, 0.4) is 0 Å². The Morgan fingerprint density at radius 2 is 2.29 bits per heavy atom. The summed E-state index contributed by atoms with van der Waals surface area (Å²) in [6, 6.07) is 0.120. The Morgan fingerprint density at radius 1 is 1.57 bits per heavy atom. The molecule has 3 N–H and O–H groups in total. The monoisotopic (exact) mass is 199 g/mol. The Labute approximate surface area is 85.8 Å². The van der Waals surface area contributed by atoms with Crippen LogP contribution >= 0.6 is 0 Å². The van der Waals surface area contributed by atoms with Crippen LogP contribution in [0.1, 0.15) is 33.6 Å². The molecule has 2 amide bonds. The number of nitrogens with one attached hydrogen (secondary N) is 3. The zero-order chi connectivity index (χ0) is 10.6. The van der Waals surface area contributed by atoms with Crippen LogP contribution in [0, 0.1) is 0 Å². The van der Waals surface area contributed by atoms with Crippen LogP contribution in [-0.2, 0) is 0 Å². The van der Waals surface area contributed by atoms with E-state index < -0.39 is 0 Å². The minimum absolute atomic E-state index is 0.0741. The first-order valence-electron chi connectivity index (χ1n) is 5.31. The maximum absolute atomic E-state index is 11.3. The maximum atomic E-state index is 11.3. The lowest BCUT2D eigenvalue weighted by Gasteiger charge is -2.24. The van der Waals surface area contributed by atoms with Crippen LogP contribution in [-0.4, -0.2) is 30.7 Å². The van der Waals surface area contributed by atoms with E-state index in [-0.39, 0.29) is 17.6 Å². The van der Waals surface area contributed by atoms with Crippen molar-refractivity contribution in [1.29, 1.82) is 0 Å². The van der Waals surface area contributed by atoms with Gasteiger partial charge in [0.25, 0.3) is 0 Å². The average molecular weight is 199 g/mol. The molecule has 1 unspecified atom stereocenters. The number of urea groups is 1. The molecule has 1 fully saturated rings. The Kier molecular flexibility index (Phi) is 3.75. The average Bonchev–Trinajstić information content (AvgIpc) is 2.49. The van der Waals surface area contributed by atoms with E-state index >= 15 is 0 Å². The van der Waals surface area contributed by atoms with Crippen molar-refractivity contribution >= 4 is 6.03 Å². The first-order valence-corrected chi connectivity index (χ1v) is 5.31. The molecule has 1 heterocycles. The van der Waals surface area contributed by atoms with Gasteiger partial charge in [0.05, 0.1) is 0 Å². The van der Waals surface area contributed by atoms with Gasteiger partial charge in [-0.05, 0) is 40.2 Å². The molecule has 0 saturated carbocycles. The molecule has 0 aromatic rings. The highest BCUT2D eigenvalue weighted by Gasteiger charge is 2.28. The SMILES string of the molecule is CC(C)NC(=O)NCC1(C)CCCN1. The Hall–Kier alpha value is -0.770. The predicted octanol–water partition coefficient (Wildman–Crippen LogP) is 0.836. The van der Waals surface area contributed by atoms with Gasteiger partial charge in [0.1, 0.15) is 0 Å². The molecule has 4 nitrogen and oxygen atoms in total.